The lowest BCUT2D eigenvalue weighted by Crippen LogP contribution is -2.44. The minimum absolute atomic E-state index is 0.337. The second-order valence-corrected chi connectivity index (χ2v) is 10.7. The molecule has 1 aliphatic rings. The van der Waals surface area contributed by atoms with Gasteiger partial charge in [0.1, 0.15) is 9.86 Å². The fourth-order valence-corrected chi connectivity index (χ4v) is 6.33. The fraction of sp³-hybridized carbons (Fsp3) is 0.286. The first kappa shape index (κ1) is 19.3. The molecule has 1 aromatic carbocycles. The van der Waals surface area contributed by atoms with E-state index in [1.165, 1.54) is 15.6 Å². The van der Waals surface area contributed by atoms with Crippen LogP contribution in [0.15, 0.2) is 52.2 Å². The van der Waals surface area contributed by atoms with E-state index in [0.717, 1.165) is 53.8 Å². The minimum Gasteiger partial charge on any atom is -0.368 e. The summed E-state index contributed by atoms with van der Waals surface area (Å²) in [7, 11) is 0.162. The van der Waals surface area contributed by atoms with Crippen molar-refractivity contribution in [3.05, 3.63) is 48.0 Å². The summed E-state index contributed by atoms with van der Waals surface area (Å²) in [6.45, 7) is 3.93. The van der Waals surface area contributed by atoms with E-state index in [1.807, 2.05) is 24.4 Å². The van der Waals surface area contributed by atoms with Crippen LogP contribution < -0.4 is 9.21 Å². The van der Waals surface area contributed by atoms with E-state index in [0.29, 0.717) is 9.90 Å². The summed E-state index contributed by atoms with van der Waals surface area (Å²) < 4.78 is 27.6. The Bertz CT molecular complexity index is 1310. The van der Waals surface area contributed by atoms with E-state index in [9.17, 15) is 8.42 Å². The van der Waals surface area contributed by atoms with Gasteiger partial charge in [0.2, 0.25) is 0 Å². The second kappa shape index (κ2) is 7.26. The van der Waals surface area contributed by atoms with Gasteiger partial charge in [-0.15, -0.1) is 11.3 Å². The number of hydrogen-bond acceptors (Lipinski definition) is 6. The highest BCUT2D eigenvalue weighted by molar-refractivity contribution is 7.94. The van der Waals surface area contributed by atoms with E-state index in [1.54, 1.807) is 24.6 Å². The number of nitrogens with one attached hydrogen (secondary N) is 1. The molecule has 30 heavy (non-hydrogen) atoms. The third-order valence-electron chi connectivity index (χ3n) is 5.77. The molecule has 0 unspecified atom stereocenters. The van der Waals surface area contributed by atoms with Crippen molar-refractivity contribution in [1.82, 2.24) is 14.9 Å². The Hall–Kier alpha value is -2.62. The first-order valence-electron chi connectivity index (χ1n) is 9.81. The highest BCUT2D eigenvalue weighted by atomic mass is 32.2. The summed E-state index contributed by atoms with van der Waals surface area (Å²) in [6, 6.07) is 11.2. The van der Waals surface area contributed by atoms with Gasteiger partial charge in [-0.25, -0.2) is 13.4 Å². The number of fused-ring (bicyclic) bond motifs is 3. The van der Waals surface area contributed by atoms with Crippen LogP contribution in [0, 0.1) is 0 Å². The van der Waals surface area contributed by atoms with Crippen LogP contribution >= 0.6 is 11.3 Å². The zero-order valence-corrected chi connectivity index (χ0v) is 18.5. The highest BCUT2D eigenvalue weighted by Gasteiger charge is 2.24. The maximum Gasteiger partial charge on any atom is 0.273 e. The number of H-pyrrole nitrogens is 1. The van der Waals surface area contributed by atoms with Gasteiger partial charge < -0.3 is 14.8 Å². The molecule has 1 aliphatic heterocycles. The van der Waals surface area contributed by atoms with Crippen LogP contribution in [0.1, 0.15) is 0 Å². The normalized spacial score (nSPS) is 15.9. The van der Waals surface area contributed by atoms with E-state index in [2.05, 4.69) is 32.9 Å². The summed E-state index contributed by atoms with van der Waals surface area (Å²) in [5.41, 5.74) is 3.54. The Balaban J connectivity index is 1.62. The molecule has 156 valence electrons. The van der Waals surface area contributed by atoms with Crippen molar-refractivity contribution in [2.24, 2.45) is 0 Å². The zero-order chi connectivity index (χ0) is 20.9. The summed E-state index contributed by atoms with van der Waals surface area (Å²) in [6.07, 6.45) is 1.83. The van der Waals surface area contributed by atoms with Crippen molar-refractivity contribution < 1.29 is 8.42 Å². The van der Waals surface area contributed by atoms with E-state index in [-0.39, 0.29) is 0 Å². The van der Waals surface area contributed by atoms with Crippen LogP contribution in [0.4, 0.5) is 11.4 Å². The van der Waals surface area contributed by atoms with Gasteiger partial charge in [-0.3, -0.25) is 4.31 Å². The monoisotopic (exact) mass is 441 g/mol. The summed E-state index contributed by atoms with van der Waals surface area (Å²) in [5.74, 6) is 0. The Morgan fingerprint density at radius 3 is 2.67 bits per heavy atom. The molecule has 0 aliphatic carbocycles. The number of aromatic nitrogens is 2. The summed E-state index contributed by atoms with van der Waals surface area (Å²) in [4.78, 5) is 12.6. The number of rotatable bonds is 4. The molecule has 5 rings (SSSR count). The van der Waals surface area contributed by atoms with Gasteiger partial charge in [0.25, 0.3) is 10.0 Å². The highest BCUT2D eigenvalue weighted by Crippen LogP contribution is 2.36. The molecular formula is C21H23N5O2S2. The van der Waals surface area contributed by atoms with E-state index < -0.39 is 10.0 Å². The molecule has 0 bridgehead atoms. The molecule has 0 atom stereocenters. The quantitative estimate of drug-likeness (QED) is 0.526. The second-order valence-electron chi connectivity index (χ2n) is 7.60. The number of aromatic amines is 1. The predicted octanol–water partition coefficient (Wildman–Crippen LogP) is 3.35. The first-order valence-corrected chi connectivity index (χ1v) is 12.1. The molecule has 9 heteroatoms. The molecule has 4 heterocycles. The van der Waals surface area contributed by atoms with E-state index >= 15 is 0 Å². The molecule has 1 N–H and O–H groups in total. The summed E-state index contributed by atoms with van der Waals surface area (Å²) in [5, 5.41) is 3.80. The summed E-state index contributed by atoms with van der Waals surface area (Å²) >= 11 is 1.23. The topological polar surface area (TPSA) is 72.5 Å². The average Bonchev–Trinajstić information content (AvgIpc) is 3.41. The van der Waals surface area contributed by atoms with Gasteiger partial charge in [-0.2, -0.15) is 0 Å². The lowest BCUT2D eigenvalue weighted by Gasteiger charge is -2.34. The minimum atomic E-state index is -3.58. The standard InChI is InChI=1S/C21H23N5O2S2/c1-24-9-11-26(12-10-24)18-7-8-22-21-20(18)16-14-15(5-6-17(16)23-21)25(2)30(27,28)19-4-3-13-29-19/h3-8,13-14H,9-12H2,1-2H3,(H,22,23). The van der Waals surface area contributed by atoms with Crippen molar-refractivity contribution in [2.75, 3.05) is 49.5 Å². The van der Waals surface area contributed by atoms with Gasteiger partial charge in [0, 0.05) is 50.3 Å². The molecule has 4 aromatic rings. The number of likely N-dealkylation sites (N-methyl/N-ethyl adjacent to an activating group) is 1. The van der Waals surface area contributed by atoms with Crippen molar-refractivity contribution in [1.29, 1.82) is 0 Å². The third kappa shape index (κ3) is 3.13. The van der Waals surface area contributed by atoms with Crippen LogP contribution in [0.25, 0.3) is 21.9 Å². The molecule has 3 aromatic heterocycles. The maximum atomic E-state index is 13.0. The van der Waals surface area contributed by atoms with Crippen molar-refractivity contribution in [2.45, 2.75) is 4.21 Å². The average molecular weight is 442 g/mol. The van der Waals surface area contributed by atoms with Crippen LogP contribution in [-0.2, 0) is 10.0 Å². The van der Waals surface area contributed by atoms with Crippen molar-refractivity contribution >= 4 is 54.7 Å². The molecule has 0 saturated carbocycles. The number of thiophene rings is 1. The number of sulfonamides is 1. The molecule has 1 saturated heterocycles. The fourth-order valence-electron chi connectivity index (χ4n) is 3.98. The number of piperazine rings is 1. The third-order valence-corrected chi connectivity index (χ3v) is 8.93. The molecule has 0 amide bonds. The van der Waals surface area contributed by atoms with E-state index in [4.69, 9.17) is 0 Å². The Morgan fingerprint density at radius 1 is 1.13 bits per heavy atom. The van der Waals surface area contributed by atoms with Crippen molar-refractivity contribution in [3.63, 3.8) is 0 Å². The number of hydrogen-bond donors (Lipinski definition) is 1. The largest absolute Gasteiger partial charge is 0.368 e. The van der Waals surface area contributed by atoms with Gasteiger partial charge in [0.05, 0.1) is 16.8 Å². The maximum absolute atomic E-state index is 13.0. The van der Waals surface area contributed by atoms with Crippen LogP contribution in [0.3, 0.4) is 0 Å². The van der Waals surface area contributed by atoms with Gasteiger partial charge in [-0.1, -0.05) is 6.07 Å². The first-order chi connectivity index (χ1) is 14.4. The Kier molecular flexibility index (Phi) is 4.68. The van der Waals surface area contributed by atoms with Crippen LogP contribution in [0.2, 0.25) is 0 Å². The number of pyridine rings is 1. The Labute approximate surface area is 179 Å². The number of nitrogens with zero attached hydrogens (tertiary/aromatic N) is 4. The lowest BCUT2D eigenvalue weighted by molar-refractivity contribution is 0.313. The van der Waals surface area contributed by atoms with Gasteiger partial charge in [0.15, 0.2) is 0 Å². The zero-order valence-electron chi connectivity index (χ0n) is 16.9. The number of benzene rings is 1. The van der Waals surface area contributed by atoms with Gasteiger partial charge in [-0.05, 0) is 42.8 Å². The number of anilines is 2. The molecule has 0 spiro atoms. The molecular weight excluding hydrogens is 418 g/mol. The smallest absolute Gasteiger partial charge is 0.273 e. The van der Waals surface area contributed by atoms with Crippen LogP contribution in [0.5, 0.6) is 0 Å². The SMILES string of the molecule is CN1CCN(c2ccnc3[nH]c4ccc(N(C)S(=O)(=O)c5cccs5)cc4c23)CC1. The van der Waals surface area contributed by atoms with Gasteiger partial charge >= 0.3 is 0 Å². The molecule has 7 nitrogen and oxygen atoms in total. The Morgan fingerprint density at radius 2 is 1.93 bits per heavy atom. The van der Waals surface area contributed by atoms with Crippen LogP contribution in [-0.4, -0.2) is 63.6 Å². The molecule has 1 fully saturated rings. The molecule has 0 radical (unpaired) electrons. The lowest BCUT2D eigenvalue weighted by atomic mass is 10.1. The predicted molar refractivity (Wildman–Crippen MR) is 123 cm³/mol. The van der Waals surface area contributed by atoms with Crippen molar-refractivity contribution in [3.8, 4) is 0 Å².